The standard InChI is InChI=1S/C4H8O2.C2H6/c1-2-5-4-6-3-1;1-2/h1-4H2;1-2H3. The predicted molar refractivity (Wildman–Crippen MR) is 32.7 cm³/mol. The minimum atomic E-state index is 0.500. The Bertz CT molecular complexity index is 22.0. The van der Waals surface area contributed by atoms with Crippen LogP contribution < -0.4 is 0 Å². The maximum absolute atomic E-state index is 4.85. The van der Waals surface area contributed by atoms with Gasteiger partial charge in [0.05, 0.1) is 13.2 Å². The first kappa shape index (κ1) is 7.92. The summed E-state index contributed by atoms with van der Waals surface area (Å²) < 4.78 is 9.69. The normalized spacial score (nSPS) is 18.8. The van der Waals surface area contributed by atoms with Crippen LogP contribution in [0.25, 0.3) is 0 Å². The second kappa shape index (κ2) is 6.92. The van der Waals surface area contributed by atoms with Crippen LogP contribution in [0.2, 0.25) is 0 Å². The quantitative estimate of drug-likeness (QED) is 0.478. The molecule has 0 saturated carbocycles. The summed E-state index contributed by atoms with van der Waals surface area (Å²) >= 11 is 0. The third-order valence-corrected chi connectivity index (χ3v) is 0.744. The third-order valence-electron chi connectivity index (χ3n) is 0.744. The number of hydrogen-bond donors (Lipinski definition) is 0. The Kier molecular flexibility index (Phi) is 6.85. The fourth-order valence-electron chi connectivity index (χ4n) is 0.440. The van der Waals surface area contributed by atoms with Crippen LogP contribution in [0.5, 0.6) is 0 Å². The van der Waals surface area contributed by atoms with E-state index in [-0.39, 0.29) is 0 Å². The van der Waals surface area contributed by atoms with E-state index in [2.05, 4.69) is 0 Å². The monoisotopic (exact) mass is 118 g/mol. The molecule has 1 aliphatic heterocycles. The van der Waals surface area contributed by atoms with Gasteiger partial charge in [-0.05, 0) is 6.42 Å². The Morgan fingerprint density at radius 1 is 1.00 bits per heavy atom. The molecule has 1 aliphatic rings. The molecule has 1 saturated heterocycles. The predicted octanol–water partition coefficient (Wildman–Crippen LogP) is 1.41. The van der Waals surface area contributed by atoms with Crippen LogP contribution in [0.15, 0.2) is 0 Å². The van der Waals surface area contributed by atoms with Crippen LogP contribution in [0, 0.1) is 0 Å². The van der Waals surface area contributed by atoms with Crippen molar-refractivity contribution < 1.29 is 9.47 Å². The Balaban J connectivity index is 0.000000222. The van der Waals surface area contributed by atoms with Gasteiger partial charge in [0.25, 0.3) is 0 Å². The fourth-order valence-corrected chi connectivity index (χ4v) is 0.440. The van der Waals surface area contributed by atoms with Gasteiger partial charge in [-0.25, -0.2) is 0 Å². The maximum atomic E-state index is 4.85. The summed E-state index contributed by atoms with van der Waals surface area (Å²) in [5.74, 6) is 0. The molecule has 0 N–H and O–H groups in total. The van der Waals surface area contributed by atoms with Crippen molar-refractivity contribution in [3.05, 3.63) is 0 Å². The molecule has 0 aromatic rings. The molecule has 0 aliphatic carbocycles. The number of ether oxygens (including phenoxy) is 2. The number of hydrogen-bond acceptors (Lipinski definition) is 2. The van der Waals surface area contributed by atoms with Crippen LogP contribution in [0.1, 0.15) is 20.3 Å². The highest BCUT2D eigenvalue weighted by Gasteiger charge is 1.94. The van der Waals surface area contributed by atoms with E-state index in [1.807, 2.05) is 13.8 Å². The Morgan fingerprint density at radius 2 is 1.50 bits per heavy atom. The SMILES string of the molecule is C1COCOC1.CC. The van der Waals surface area contributed by atoms with Gasteiger partial charge in [-0.3, -0.25) is 0 Å². The average molecular weight is 118 g/mol. The van der Waals surface area contributed by atoms with Crippen LogP contribution in [-0.4, -0.2) is 20.0 Å². The lowest BCUT2D eigenvalue weighted by Crippen LogP contribution is -2.11. The topological polar surface area (TPSA) is 18.5 Å². The minimum Gasteiger partial charge on any atom is -0.355 e. The number of rotatable bonds is 0. The van der Waals surface area contributed by atoms with Gasteiger partial charge in [0, 0.05) is 0 Å². The second-order valence-corrected chi connectivity index (χ2v) is 1.29. The van der Waals surface area contributed by atoms with Crippen molar-refractivity contribution in [3.63, 3.8) is 0 Å². The van der Waals surface area contributed by atoms with Crippen molar-refractivity contribution in [2.75, 3.05) is 20.0 Å². The van der Waals surface area contributed by atoms with Crippen molar-refractivity contribution in [1.82, 2.24) is 0 Å². The molecule has 8 heavy (non-hydrogen) atoms. The summed E-state index contributed by atoms with van der Waals surface area (Å²) in [4.78, 5) is 0. The van der Waals surface area contributed by atoms with Crippen molar-refractivity contribution in [2.45, 2.75) is 20.3 Å². The molecule has 0 aromatic heterocycles. The van der Waals surface area contributed by atoms with Gasteiger partial charge >= 0.3 is 0 Å². The molecular formula is C6H14O2. The summed E-state index contributed by atoms with van der Waals surface area (Å²) in [6.07, 6.45) is 1.06. The second-order valence-electron chi connectivity index (χ2n) is 1.29. The van der Waals surface area contributed by atoms with Crippen LogP contribution in [0.4, 0.5) is 0 Å². The molecule has 0 spiro atoms. The van der Waals surface area contributed by atoms with Gasteiger partial charge in [0.1, 0.15) is 6.79 Å². The molecule has 1 heterocycles. The summed E-state index contributed by atoms with van der Waals surface area (Å²) in [5, 5.41) is 0. The molecule has 2 heteroatoms. The largest absolute Gasteiger partial charge is 0.355 e. The molecule has 0 bridgehead atoms. The zero-order valence-electron chi connectivity index (χ0n) is 5.64. The van der Waals surface area contributed by atoms with E-state index in [9.17, 15) is 0 Å². The van der Waals surface area contributed by atoms with Gasteiger partial charge in [0.2, 0.25) is 0 Å². The van der Waals surface area contributed by atoms with Crippen molar-refractivity contribution in [1.29, 1.82) is 0 Å². The van der Waals surface area contributed by atoms with Crippen LogP contribution in [0.3, 0.4) is 0 Å². The lowest BCUT2D eigenvalue weighted by Gasteiger charge is -2.09. The van der Waals surface area contributed by atoms with Gasteiger partial charge in [-0.15, -0.1) is 0 Å². The molecule has 50 valence electrons. The van der Waals surface area contributed by atoms with E-state index in [0.717, 1.165) is 19.6 Å². The van der Waals surface area contributed by atoms with E-state index in [4.69, 9.17) is 9.47 Å². The van der Waals surface area contributed by atoms with E-state index in [1.165, 1.54) is 0 Å². The fraction of sp³-hybridized carbons (Fsp3) is 1.00. The highest BCUT2D eigenvalue weighted by Crippen LogP contribution is 1.91. The molecule has 0 aromatic carbocycles. The minimum absolute atomic E-state index is 0.500. The van der Waals surface area contributed by atoms with Gasteiger partial charge in [-0.2, -0.15) is 0 Å². The molecule has 0 atom stereocenters. The lowest BCUT2D eigenvalue weighted by atomic mass is 10.5. The zero-order valence-corrected chi connectivity index (χ0v) is 5.64. The Labute approximate surface area is 50.8 Å². The summed E-state index contributed by atoms with van der Waals surface area (Å²) in [7, 11) is 0. The molecule has 2 nitrogen and oxygen atoms in total. The van der Waals surface area contributed by atoms with Crippen molar-refractivity contribution in [3.8, 4) is 0 Å². The average Bonchev–Trinajstić information content (AvgIpc) is 1.96. The third kappa shape index (κ3) is 4.09. The molecular weight excluding hydrogens is 104 g/mol. The van der Waals surface area contributed by atoms with Crippen molar-refractivity contribution >= 4 is 0 Å². The summed E-state index contributed by atoms with van der Waals surface area (Å²) in [6, 6.07) is 0. The smallest absolute Gasteiger partial charge is 0.146 e. The lowest BCUT2D eigenvalue weighted by molar-refractivity contribution is -0.0963. The van der Waals surface area contributed by atoms with E-state index >= 15 is 0 Å². The van der Waals surface area contributed by atoms with Gasteiger partial charge in [-0.1, -0.05) is 13.8 Å². The summed E-state index contributed by atoms with van der Waals surface area (Å²) in [6.45, 7) is 6.25. The molecule has 0 unspecified atom stereocenters. The summed E-state index contributed by atoms with van der Waals surface area (Å²) in [5.41, 5.74) is 0. The van der Waals surface area contributed by atoms with Gasteiger partial charge < -0.3 is 9.47 Å². The highest BCUT2D eigenvalue weighted by atomic mass is 16.7. The van der Waals surface area contributed by atoms with E-state index in [1.54, 1.807) is 0 Å². The Morgan fingerprint density at radius 3 is 1.62 bits per heavy atom. The van der Waals surface area contributed by atoms with Crippen LogP contribution >= 0.6 is 0 Å². The van der Waals surface area contributed by atoms with Gasteiger partial charge in [0.15, 0.2) is 0 Å². The highest BCUT2D eigenvalue weighted by molar-refractivity contribution is 4.34. The zero-order chi connectivity index (χ0) is 6.24. The first-order valence-corrected chi connectivity index (χ1v) is 3.15. The van der Waals surface area contributed by atoms with E-state index in [0.29, 0.717) is 6.79 Å². The molecule has 0 radical (unpaired) electrons. The Hall–Kier alpha value is -0.0800. The molecule has 1 rings (SSSR count). The van der Waals surface area contributed by atoms with Crippen LogP contribution in [-0.2, 0) is 9.47 Å². The first-order chi connectivity index (χ1) is 4.00. The first-order valence-electron chi connectivity index (χ1n) is 3.15. The molecule has 1 fully saturated rings. The van der Waals surface area contributed by atoms with E-state index < -0.39 is 0 Å². The molecule has 0 amide bonds. The van der Waals surface area contributed by atoms with Crippen molar-refractivity contribution in [2.24, 2.45) is 0 Å². The maximum Gasteiger partial charge on any atom is 0.146 e.